The summed E-state index contributed by atoms with van der Waals surface area (Å²) in [4.78, 5) is 29.9. The van der Waals surface area contributed by atoms with E-state index in [1.54, 1.807) is 12.4 Å². The molecule has 0 N–H and O–H groups in total. The predicted molar refractivity (Wildman–Crippen MR) is 276 cm³/mol. The van der Waals surface area contributed by atoms with E-state index in [2.05, 4.69) is 68.2 Å². The third-order valence-electron chi connectivity index (χ3n) is 9.78. The molecule has 0 aliphatic rings. The van der Waals surface area contributed by atoms with Crippen molar-refractivity contribution >= 4 is 33.9 Å². The molecule has 0 saturated carbocycles. The summed E-state index contributed by atoms with van der Waals surface area (Å²) in [5.41, 5.74) is 13.4. The predicted octanol–water partition coefficient (Wildman–Crippen LogP) is 13.6. The van der Waals surface area contributed by atoms with Gasteiger partial charge in [-0.1, -0.05) is 93.5 Å². The number of fused-ring (bicyclic) bond motifs is 5. The van der Waals surface area contributed by atoms with Crippen LogP contribution in [0.4, 0.5) is 0 Å². The topological polar surface area (TPSA) is 113 Å². The van der Waals surface area contributed by atoms with Gasteiger partial charge in [0.25, 0.3) is 0 Å². The molecule has 0 aliphatic carbocycles. The van der Waals surface area contributed by atoms with E-state index in [0.717, 1.165) is 68.4 Å². The minimum atomic E-state index is 0.780. The third-order valence-corrected chi connectivity index (χ3v) is 9.78. The van der Waals surface area contributed by atoms with Gasteiger partial charge in [-0.25, -0.2) is 34.9 Å². The number of rotatable bonds is 0. The van der Waals surface area contributed by atoms with Gasteiger partial charge in [0.15, 0.2) is 0 Å². The van der Waals surface area contributed by atoms with Crippen LogP contribution < -0.4 is 0 Å². The maximum atomic E-state index is 4.38. The van der Waals surface area contributed by atoms with E-state index < -0.39 is 0 Å². The summed E-state index contributed by atoms with van der Waals surface area (Å²) in [7, 11) is 2.03. The van der Waals surface area contributed by atoms with Crippen molar-refractivity contribution in [3.63, 3.8) is 0 Å². The molecule has 0 bridgehead atoms. The number of imidazole rings is 5. The van der Waals surface area contributed by atoms with E-state index in [0.29, 0.717) is 0 Å². The third kappa shape index (κ3) is 14.9. The first-order valence-electron chi connectivity index (χ1n) is 23.2. The van der Waals surface area contributed by atoms with E-state index >= 15 is 0 Å². The molecule has 0 spiro atoms. The van der Waals surface area contributed by atoms with Gasteiger partial charge in [-0.05, 0) is 111 Å². The summed E-state index contributed by atoms with van der Waals surface area (Å²) in [6, 6.07) is 24.0. The van der Waals surface area contributed by atoms with E-state index in [4.69, 9.17) is 0 Å². The van der Waals surface area contributed by atoms with Gasteiger partial charge < -0.3 is 13.4 Å². The molecule has 12 nitrogen and oxygen atoms in total. The van der Waals surface area contributed by atoms with Crippen molar-refractivity contribution in [2.24, 2.45) is 7.05 Å². The van der Waals surface area contributed by atoms with E-state index in [-0.39, 0.29) is 0 Å². The van der Waals surface area contributed by atoms with Crippen LogP contribution in [-0.2, 0) is 7.05 Å². The zero-order chi connectivity index (χ0) is 49.2. The second-order valence-electron chi connectivity index (χ2n) is 13.3. The van der Waals surface area contributed by atoms with Crippen molar-refractivity contribution in [3.8, 4) is 0 Å². The molecule has 1 aromatic carbocycles. The average molecular weight is 883 g/mol. The van der Waals surface area contributed by atoms with Gasteiger partial charge in [0.2, 0.25) is 11.6 Å². The lowest BCUT2D eigenvalue weighted by Gasteiger charge is -1.93. The summed E-state index contributed by atoms with van der Waals surface area (Å²) in [5.74, 6) is 2.62. The Hall–Kier alpha value is -6.69. The zero-order valence-electron chi connectivity index (χ0n) is 43.3. The Kier molecular flexibility index (Phi) is 25.7. The van der Waals surface area contributed by atoms with Crippen LogP contribution in [0.2, 0.25) is 0 Å². The molecule has 0 radical (unpaired) electrons. The van der Waals surface area contributed by atoms with E-state index in [1.165, 1.54) is 16.9 Å². The molecule has 10 rings (SSSR count). The molecule has 65 heavy (non-hydrogen) atoms. The minimum absolute atomic E-state index is 0.780. The fourth-order valence-corrected chi connectivity index (χ4v) is 5.96. The molecule has 12 heteroatoms. The number of hydrogen-bond donors (Lipinski definition) is 0. The fraction of sp³-hybridized carbons (Fsp3) is 0.377. The van der Waals surface area contributed by atoms with Crippen molar-refractivity contribution in [1.29, 1.82) is 0 Å². The number of aryl methyl sites for hydroxylation is 10. The standard InChI is InChI=1S/3C9H10N2.2C8H9N3.5C2H6/c1-7-10-8-5-3-4-6-9(8)11(7)2;2*1-7-8(2)11-6-4-3-5-9(11)10-7;2*1-6-7(2)11-5-3-4-9-8(11)10-6;5*1-2/h3*3-6H,1-2H3;2*3-5H,1-2H3;5*1-2H3. The van der Waals surface area contributed by atoms with Crippen LogP contribution in [0, 0.1) is 62.3 Å². The number of nitrogens with zero attached hydrogens (tertiary/aromatic N) is 12. The van der Waals surface area contributed by atoms with Crippen molar-refractivity contribution in [2.75, 3.05) is 0 Å². The summed E-state index contributed by atoms with van der Waals surface area (Å²) in [6.07, 6.45) is 11.5. The number of benzene rings is 1. The molecular formula is C53H78N12. The fourth-order valence-electron chi connectivity index (χ4n) is 5.96. The van der Waals surface area contributed by atoms with Gasteiger partial charge in [-0.15, -0.1) is 0 Å². The monoisotopic (exact) mass is 883 g/mol. The number of pyridine rings is 2. The van der Waals surface area contributed by atoms with E-state index in [9.17, 15) is 0 Å². The summed E-state index contributed by atoms with van der Waals surface area (Å²) >= 11 is 0. The number of hydrogen-bond acceptors (Lipinski definition) is 7. The highest BCUT2D eigenvalue weighted by Gasteiger charge is 2.04. The Balaban J connectivity index is 0.000000387. The van der Waals surface area contributed by atoms with Crippen LogP contribution in [0.3, 0.4) is 0 Å². The van der Waals surface area contributed by atoms with Gasteiger partial charge in [0, 0.05) is 67.0 Å². The normalized spacial score (nSPS) is 9.54. The number of para-hydroxylation sites is 2. The smallest absolute Gasteiger partial charge is 0.234 e. The second kappa shape index (κ2) is 29.6. The van der Waals surface area contributed by atoms with Crippen molar-refractivity contribution in [1.82, 2.24) is 57.1 Å². The molecule has 9 heterocycles. The largest absolute Gasteiger partial charge is 0.331 e. The molecule has 9 aromatic heterocycles. The SMILES string of the molecule is CC.CC.CC.CC.CC.Cc1nc2ccccc2n1C.Cc1nc2ccccn2c1C.Cc1nc2ccccn2c1C.Cc1nc2ncccn2c1C.Cc1nc2ncccn2c1C. The Morgan fingerprint density at radius 1 is 0.354 bits per heavy atom. The molecule has 0 atom stereocenters. The van der Waals surface area contributed by atoms with Gasteiger partial charge in [0.05, 0.1) is 33.8 Å². The Morgan fingerprint density at radius 2 is 0.692 bits per heavy atom. The summed E-state index contributed by atoms with van der Waals surface area (Å²) < 4.78 is 10.2. The quantitative estimate of drug-likeness (QED) is 0.149. The molecule has 0 unspecified atom stereocenters. The van der Waals surface area contributed by atoms with Crippen LogP contribution in [0.15, 0.2) is 110 Å². The van der Waals surface area contributed by atoms with Crippen LogP contribution in [0.5, 0.6) is 0 Å². The Bertz CT molecular complexity index is 2400. The molecule has 0 aliphatic heterocycles. The number of aromatic nitrogens is 12. The van der Waals surface area contributed by atoms with Crippen LogP contribution in [0.25, 0.3) is 33.9 Å². The zero-order valence-corrected chi connectivity index (χ0v) is 43.3. The molecular weight excluding hydrogens is 805 g/mol. The van der Waals surface area contributed by atoms with Gasteiger partial charge in [-0.2, -0.15) is 0 Å². The molecule has 0 amide bonds. The van der Waals surface area contributed by atoms with Gasteiger partial charge >= 0.3 is 0 Å². The van der Waals surface area contributed by atoms with Crippen molar-refractivity contribution in [3.05, 3.63) is 161 Å². The highest BCUT2D eigenvalue weighted by molar-refractivity contribution is 5.75. The molecule has 10 aromatic rings. The first kappa shape index (κ1) is 56.3. The first-order chi connectivity index (χ1) is 31.4. The van der Waals surface area contributed by atoms with Gasteiger partial charge in [-0.3, -0.25) is 8.80 Å². The second-order valence-corrected chi connectivity index (χ2v) is 13.3. The maximum absolute atomic E-state index is 4.38. The molecule has 350 valence electrons. The average Bonchev–Trinajstić information content (AvgIpc) is 4.11. The van der Waals surface area contributed by atoms with E-state index in [1.807, 2.05) is 225 Å². The van der Waals surface area contributed by atoms with Crippen LogP contribution in [0.1, 0.15) is 121 Å². The molecule has 0 fully saturated rings. The van der Waals surface area contributed by atoms with Crippen LogP contribution in [-0.4, -0.2) is 57.1 Å². The minimum Gasteiger partial charge on any atom is -0.331 e. The highest BCUT2D eigenvalue weighted by Crippen LogP contribution is 2.13. The van der Waals surface area contributed by atoms with Crippen LogP contribution >= 0.6 is 0 Å². The first-order valence-corrected chi connectivity index (χ1v) is 23.2. The molecule has 0 saturated heterocycles. The lowest BCUT2D eigenvalue weighted by Crippen LogP contribution is -1.89. The highest BCUT2D eigenvalue weighted by atomic mass is 15.1. The summed E-state index contributed by atoms with van der Waals surface area (Å²) in [6.45, 7) is 38.3. The summed E-state index contributed by atoms with van der Waals surface area (Å²) in [5, 5.41) is 0. The van der Waals surface area contributed by atoms with Crippen molar-refractivity contribution in [2.45, 2.75) is 132 Å². The lowest BCUT2D eigenvalue weighted by atomic mass is 10.3. The Morgan fingerprint density at radius 3 is 1.06 bits per heavy atom. The maximum Gasteiger partial charge on any atom is 0.234 e. The van der Waals surface area contributed by atoms with Crippen molar-refractivity contribution < 1.29 is 0 Å². The Labute approximate surface area is 389 Å². The lowest BCUT2D eigenvalue weighted by molar-refractivity contribution is 0.886. The van der Waals surface area contributed by atoms with Gasteiger partial charge in [0.1, 0.15) is 17.1 Å².